The van der Waals surface area contributed by atoms with Crippen molar-refractivity contribution in [3.05, 3.63) is 23.8 Å². The Kier molecular flexibility index (Phi) is 6.30. The van der Waals surface area contributed by atoms with Crippen LogP contribution in [0.2, 0.25) is 0 Å². The van der Waals surface area contributed by atoms with Crippen molar-refractivity contribution < 1.29 is 14.2 Å². The predicted molar refractivity (Wildman–Crippen MR) is 90.2 cm³/mol. The van der Waals surface area contributed by atoms with E-state index in [0.29, 0.717) is 19.6 Å². The summed E-state index contributed by atoms with van der Waals surface area (Å²) in [5, 5.41) is 8.92. The van der Waals surface area contributed by atoms with Crippen LogP contribution in [0.3, 0.4) is 0 Å². The topological polar surface area (TPSA) is 58.0 Å². The zero-order valence-corrected chi connectivity index (χ0v) is 14.1. The maximum Gasteiger partial charge on any atom is 0.161 e. The van der Waals surface area contributed by atoms with Crippen molar-refractivity contribution >= 4 is 0 Å². The minimum atomic E-state index is 0.549. The van der Waals surface area contributed by atoms with Gasteiger partial charge in [0.1, 0.15) is 13.2 Å². The molecule has 3 rings (SSSR count). The summed E-state index contributed by atoms with van der Waals surface area (Å²) < 4.78 is 16.6. The summed E-state index contributed by atoms with van der Waals surface area (Å²) in [6.07, 6.45) is 0.549. The maximum absolute atomic E-state index is 8.92. The Labute approximate surface area is 143 Å². The average molecular weight is 331 g/mol. The van der Waals surface area contributed by atoms with Gasteiger partial charge in [-0.2, -0.15) is 5.26 Å². The molecule has 24 heavy (non-hydrogen) atoms. The number of nitriles is 1. The van der Waals surface area contributed by atoms with E-state index in [1.165, 1.54) is 5.56 Å². The summed E-state index contributed by atoms with van der Waals surface area (Å²) in [6, 6.07) is 8.38. The summed E-state index contributed by atoms with van der Waals surface area (Å²) in [5.41, 5.74) is 1.19. The molecule has 130 valence electrons. The standard InChI is InChI=1S/C18H25N3O3/c19-4-1-5-21(7-6-20-8-10-22-11-9-20)15-16-2-3-17-18(14-16)24-13-12-23-17/h2-3,14H,1,5-13,15H2. The number of ether oxygens (including phenoxy) is 3. The van der Waals surface area contributed by atoms with Crippen LogP contribution in [0.15, 0.2) is 18.2 Å². The van der Waals surface area contributed by atoms with Gasteiger partial charge in [0.15, 0.2) is 11.5 Å². The first-order chi connectivity index (χ1) is 11.8. The second-order valence-corrected chi connectivity index (χ2v) is 6.12. The first-order valence-electron chi connectivity index (χ1n) is 8.63. The van der Waals surface area contributed by atoms with E-state index in [2.05, 4.69) is 28.0 Å². The van der Waals surface area contributed by atoms with E-state index in [4.69, 9.17) is 19.5 Å². The Balaban J connectivity index is 1.57. The first-order valence-corrected chi connectivity index (χ1v) is 8.63. The van der Waals surface area contributed by atoms with E-state index >= 15 is 0 Å². The van der Waals surface area contributed by atoms with Crippen LogP contribution in [-0.4, -0.2) is 69.0 Å². The highest BCUT2D eigenvalue weighted by atomic mass is 16.6. The fourth-order valence-corrected chi connectivity index (χ4v) is 3.03. The molecule has 0 N–H and O–H groups in total. The molecule has 0 unspecified atom stereocenters. The lowest BCUT2D eigenvalue weighted by Gasteiger charge is -2.30. The SMILES string of the molecule is N#CCCN(CCN1CCOCC1)Cc1ccc2c(c1)OCCO2. The molecule has 6 nitrogen and oxygen atoms in total. The van der Waals surface area contributed by atoms with Crippen molar-refractivity contribution in [2.24, 2.45) is 0 Å². The molecule has 0 bridgehead atoms. The molecule has 2 aliphatic heterocycles. The van der Waals surface area contributed by atoms with E-state index in [9.17, 15) is 0 Å². The normalized spacial score (nSPS) is 17.7. The van der Waals surface area contributed by atoms with Gasteiger partial charge in [-0.05, 0) is 17.7 Å². The quantitative estimate of drug-likeness (QED) is 0.755. The first kappa shape index (κ1) is 17.0. The average Bonchev–Trinajstić information content (AvgIpc) is 2.64. The van der Waals surface area contributed by atoms with Gasteiger partial charge >= 0.3 is 0 Å². The molecule has 1 fully saturated rings. The molecule has 0 aromatic heterocycles. The molecule has 1 aromatic rings. The molecule has 6 heteroatoms. The fourth-order valence-electron chi connectivity index (χ4n) is 3.03. The van der Waals surface area contributed by atoms with Gasteiger partial charge in [0.05, 0.1) is 19.3 Å². The van der Waals surface area contributed by atoms with Gasteiger partial charge in [-0.1, -0.05) is 6.07 Å². The highest BCUT2D eigenvalue weighted by molar-refractivity contribution is 5.43. The zero-order chi connectivity index (χ0) is 16.6. The van der Waals surface area contributed by atoms with Gasteiger partial charge in [0, 0.05) is 45.7 Å². The number of morpholine rings is 1. The van der Waals surface area contributed by atoms with Gasteiger partial charge in [-0.15, -0.1) is 0 Å². The summed E-state index contributed by atoms with van der Waals surface area (Å²) in [5.74, 6) is 1.65. The largest absolute Gasteiger partial charge is 0.486 e. The summed E-state index contributed by atoms with van der Waals surface area (Å²) in [4.78, 5) is 4.76. The van der Waals surface area contributed by atoms with Crippen molar-refractivity contribution in [1.82, 2.24) is 9.80 Å². The molecular weight excluding hydrogens is 306 g/mol. The van der Waals surface area contributed by atoms with Crippen LogP contribution >= 0.6 is 0 Å². The number of fused-ring (bicyclic) bond motifs is 1. The second kappa shape index (κ2) is 8.88. The van der Waals surface area contributed by atoms with Crippen LogP contribution in [0.25, 0.3) is 0 Å². The highest BCUT2D eigenvalue weighted by Crippen LogP contribution is 2.31. The van der Waals surface area contributed by atoms with E-state index in [0.717, 1.165) is 64.0 Å². The molecule has 0 radical (unpaired) electrons. The summed E-state index contributed by atoms with van der Waals surface area (Å²) >= 11 is 0. The van der Waals surface area contributed by atoms with Crippen molar-refractivity contribution in [3.63, 3.8) is 0 Å². The van der Waals surface area contributed by atoms with Gasteiger partial charge < -0.3 is 14.2 Å². The number of hydrogen-bond acceptors (Lipinski definition) is 6. The zero-order valence-electron chi connectivity index (χ0n) is 14.1. The molecule has 0 saturated carbocycles. The third-order valence-corrected chi connectivity index (χ3v) is 4.39. The molecule has 1 aromatic carbocycles. The maximum atomic E-state index is 8.92. The lowest BCUT2D eigenvalue weighted by molar-refractivity contribution is 0.0330. The van der Waals surface area contributed by atoms with E-state index in [1.54, 1.807) is 0 Å². The number of benzene rings is 1. The molecule has 2 heterocycles. The molecule has 0 amide bonds. The lowest BCUT2D eigenvalue weighted by atomic mass is 10.1. The minimum absolute atomic E-state index is 0.549. The van der Waals surface area contributed by atoms with Gasteiger partial charge in [0.2, 0.25) is 0 Å². The van der Waals surface area contributed by atoms with Crippen molar-refractivity contribution in [1.29, 1.82) is 5.26 Å². The monoisotopic (exact) mass is 331 g/mol. The van der Waals surface area contributed by atoms with Crippen molar-refractivity contribution in [2.75, 3.05) is 59.2 Å². The van der Waals surface area contributed by atoms with Crippen LogP contribution in [0.1, 0.15) is 12.0 Å². The Morgan fingerprint density at radius 1 is 1.04 bits per heavy atom. The molecular formula is C18H25N3O3. The second-order valence-electron chi connectivity index (χ2n) is 6.12. The fraction of sp³-hybridized carbons (Fsp3) is 0.611. The third-order valence-electron chi connectivity index (χ3n) is 4.39. The predicted octanol–water partition coefficient (Wildman–Crippen LogP) is 1.51. The van der Waals surface area contributed by atoms with Crippen molar-refractivity contribution in [3.8, 4) is 17.6 Å². The Morgan fingerprint density at radius 3 is 2.62 bits per heavy atom. The van der Waals surface area contributed by atoms with Gasteiger partial charge in [-0.3, -0.25) is 9.80 Å². The number of rotatable bonds is 7. The van der Waals surface area contributed by atoms with Crippen LogP contribution in [0.5, 0.6) is 11.5 Å². The smallest absolute Gasteiger partial charge is 0.161 e. The molecule has 2 aliphatic rings. The van der Waals surface area contributed by atoms with Crippen molar-refractivity contribution in [2.45, 2.75) is 13.0 Å². The summed E-state index contributed by atoms with van der Waals surface area (Å²) in [6.45, 7) is 8.42. The Bertz CT molecular complexity index is 567. The minimum Gasteiger partial charge on any atom is -0.486 e. The number of hydrogen-bond donors (Lipinski definition) is 0. The summed E-state index contributed by atoms with van der Waals surface area (Å²) in [7, 11) is 0. The molecule has 0 aliphatic carbocycles. The Hall–Kier alpha value is -1.81. The number of nitrogens with zero attached hydrogens (tertiary/aromatic N) is 3. The van der Waals surface area contributed by atoms with Crippen LogP contribution < -0.4 is 9.47 Å². The van der Waals surface area contributed by atoms with E-state index in [-0.39, 0.29) is 0 Å². The molecule has 0 atom stereocenters. The van der Waals surface area contributed by atoms with E-state index in [1.807, 2.05) is 6.07 Å². The Morgan fingerprint density at radius 2 is 1.83 bits per heavy atom. The van der Waals surface area contributed by atoms with Crippen LogP contribution in [-0.2, 0) is 11.3 Å². The van der Waals surface area contributed by atoms with E-state index < -0.39 is 0 Å². The molecule has 1 saturated heterocycles. The van der Waals surface area contributed by atoms with Crippen LogP contribution in [0, 0.1) is 11.3 Å². The van der Waals surface area contributed by atoms with Gasteiger partial charge in [0.25, 0.3) is 0 Å². The lowest BCUT2D eigenvalue weighted by Crippen LogP contribution is -2.41. The van der Waals surface area contributed by atoms with Crippen LogP contribution in [0.4, 0.5) is 0 Å². The third kappa shape index (κ3) is 4.84. The highest BCUT2D eigenvalue weighted by Gasteiger charge is 2.15. The molecule has 0 spiro atoms. The van der Waals surface area contributed by atoms with Gasteiger partial charge in [-0.25, -0.2) is 0 Å².